The Morgan fingerprint density at radius 1 is 0.647 bits per heavy atom. The van der Waals surface area contributed by atoms with Crippen molar-refractivity contribution in [3.63, 3.8) is 0 Å². The molecule has 0 unspecified atom stereocenters. The van der Waals surface area contributed by atoms with Crippen LogP contribution in [0.3, 0.4) is 0 Å². The van der Waals surface area contributed by atoms with Crippen LogP contribution in [0.15, 0.2) is 59.2 Å². The van der Waals surface area contributed by atoms with Crippen LogP contribution >= 0.6 is 47.0 Å². The summed E-state index contributed by atoms with van der Waals surface area (Å²) in [5, 5.41) is 22.1. The summed E-state index contributed by atoms with van der Waals surface area (Å²) in [6, 6.07) is 0. The van der Waals surface area contributed by atoms with Crippen molar-refractivity contribution in [2.24, 2.45) is 20.0 Å². The van der Waals surface area contributed by atoms with Crippen molar-refractivity contribution in [1.82, 2.24) is 0 Å². The fourth-order valence-electron chi connectivity index (χ4n) is 3.08. The molecule has 5 rings (SSSR count). The van der Waals surface area contributed by atoms with E-state index < -0.39 is 11.8 Å². The standard InChI is InChI=1S/C18H8N4O6S4Se2/c1-27-13-3(11(25)19-17(33)21-13)15-29-7-5(23)9-10(6(24)8(7)30-15)32-16(31-9)4-12(26)20-18(34)22-14(4)28-2/h23-24H,1-2H3. The van der Waals surface area contributed by atoms with Gasteiger partial charge in [0.2, 0.25) is 0 Å². The van der Waals surface area contributed by atoms with Crippen LogP contribution in [0.1, 0.15) is 0 Å². The normalized spacial score (nSPS) is 19.5. The van der Waals surface area contributed by atoms with Crippen LogP contribution in [0.4, 0.5) is 0 Å². The molecule has 1 aromatic rings. The van der Waals surface area contributed by atoms with Crippen LogP contribution in [-0.4, -0.2) is 89.5 Å². The first-order valence-corrected chi connectivity index (χ1v) is 13.9. The number of hydrogen-bond donors (Lipinski definition) is 2. The molecule has 0 fully saturated rings. The Hall–Kier alpha value is -1.64. The third-order valence-electron chi connectivity index (χ3n) is 4.49. The number of carbonyl (C=O) groups excluding carboxylic acids is 2. The SMILES string of the molecule is COC1=NC([Se])=NC(=O)C1=C1Sc2c(O)c3c(c(O)c2S1)SC(=C1C(=O)N=C([Se])N=C1OC)S3. The molecule has 4 heterocycles. The molecular weight excluding hydrogens is 654 g/mol. The number of amides is 2. The van der Waals surface area contributed by atoms with E-state index >= 15 is 0 Å². The van der Waals surface area contributed by atoms with Gasteiger partial charge in [0.05, 0.1) is 0 Å². The second-order valence-electron chi connectivity index (χ2n) is 6.39. The molecule has 0 spiro atoms. The molecule has 0 saturated carbocycles. The molecule has 4 aliphatic heterocycles. The van der Waals surface area contributed by atoms with Crippen molar-refractivity contribution in [3.8, 4) is 11.5 Å². The Labute approximate surface area is 224 Å². The molecule has 2 radical (unpaired) electrons. The molecule has 172 valence electrons. The number of aliphatic imine (C=N–C) groups is 4. The predicted octanol–water partition coefficient (Wildman–Crippen LogP) is 2.14. The second-order valence-corrected chi connectivity index (χ2v) is 12.5. The molecule has 34 heavy (non-hydrogen) atoms. The van der Waals surface area contributed by atoms with Gasteiger partial charge in [-0.3, -0.25) is 0 Å². The first kappa shape index (κ1) is 24.1. The van der Waals surface area contributed by atoms with E-state index in [1.165, 1.54) is 14.2 Å². The Bertz CT molecular complexity index is 1270. The van der Waals surface area contributed by atoms with E-state index in [4.69, 9.17) is 9.47 Å². The monoisotopic (exact) mass is 664 g/mol. The second kappa shape index (κ2) is 9.10. The number of hydrogen-bond acceptors (Lipinski definition) is 12. The van der Waals surface area contributed by atoms with Gasteiger partial charge in [0.25, 0.3) is 0 Å². The third kappa shape index (κ3) is 3.86. The summed E-state index contributed by atoms with van der Waals surface area (Å²) in [5.74, 6) is -1.06. The predicted molar refractivity (Wildman–Crippen MR) is 133 cm³/mol. The van der Waals surface area contributed by atoms with Gasteiger partial charge in [0.15, 0.2) is 0 Å². The number of phenolic OH excluding ortho intramolecular Hbond substituents is 2. The van der Waals surface area contributed by atoms with Crippen LogP contribution in [0.5, 0.6) is 11.5 Å². The summed E-state index contributed by atoms with van der Waals surface area (Å²) >= 11 is 9.59. The van der Waals surface area contributed by atoms with E-state index in [0.29, 0.717) is 28.1 Å². The summed E-state index contributed by atoms with van der Waals surface area (Å²) in [4.78, 5) is 42.5. The molecule has 2 N–H and O–H groups in total. The van der Waals surface area contributed by atoms with Gasteiger partial charge < -0.3 is 0 Å². The van der Waals surface area contributed by atoms with E-state index in [1.807, 2.05) is 0 Å². The number of ether oxygens (including phenoxy) is 2. The number of thioether (sulfide) groups is 4. The number of carbonyl (C=O) groups is 2. The molecule has 4 aliphatic rings. The van der Waals surface area contributed by atoms with Gasteiger partial charge >= 0.3 is 226 Å². The zero-order valence-electron chi connectivity index (χ0n) is 16.8. The molecule has 1 aromatic carbocycles. The van der Waals surface area contributed by atoms with Crippen molar-refractivity contribution < 1.29 is 29.3 Å². The third-order valence-corrected chi connectivity index (χ3v) is 10.5. The van der Waals surface area contributed by atoms with Crippen molar-refractivity contribution in [1.29, 1.82) is 0 Å². The minimum atomic E-state index is -0.541. The minimum absolute atomic E-state index is 0.0802. The fourth-order valence-corrected chi connectivity index (χ4v) is 9.14. The van der Waals surface area contributed by atoms with Crippen LogP contribution < -0.4 is 0 Å². The van der Waals surface area contributed by atoms with Crippen LogP contribution in [0, 0.1) is 0 Å². The molecule has 0 saturated heterocycles. The Morgan fingerprint density at radius 3 is 1.26 bits per heavy atom. The average Bonchev–Trinajstić information content (AvgIpc) is 3.42. The van der Waals surface area contributed by atoms with Gasteiger partial charge in [-0.25, -0.2) is 0 Å². The van der Waals surface area contributed by atoms with Crippen molar-refractivity contribution in [3.05, 3.63) is 19.6 Å². The van der Waals surface area contributed by atoms with E-state index in [9.17, 15) is 19.8 Å². The average molecular weight is 662 g/mol. The van der Waals surface area contributed by atoms with Crippen molar-refractivity contribution >= 4 is 112 Å². The number of nitrogens with zero attached hydrogens (tertiary/aromatic N) is 4. The molecule has 10 nitrogen and oxygen atoms in total. The number of amidine groups is 2. The zero-order chi connectivity index (χ0) is 24.3. The molecule has 16 heteroatoms. The quantitative estimate of drug-likeness (QED) is 0.241. The van der Waals surface area contributed by atoms with Crippen LogP contribution in [0.2, 0.25) is 0 Å². The molecule has 2 amide bonds. The van der Waals surface area contributed by atoms with Gasteiger partial charge in [-0.15, -0.1) is 0 Å². The van der Waals surface area contributed by atoms with Gasteiger partial charge in [-0.05, 0) is 0 Å². The molecule has 0 aromatic heterocycles. The zero-order valence-corrected chi connectivity index (χ0v) is 23.5. The van der Waals surface area contributed by atoms with Crippen LogP contribution in [-0.2, 0) is 19.1 Å². The van der Waals surface area contributed by atoms with Crippen molar-refractivity contribution in [2.45, 2.75) is 19.6 Å². The van der Waals surface area contributed by atoms with Gasteiger partial charge in [0, 0.05) is 0 Å². The summed E-state index contributed by atoms with van der Waals surface area (Å²) in [6.45, 7) is 0. The molecule has 0 aliphatic carbocycles. The van der Waals surface area contributed by atoms with E-state index in [-0.39, 0.29) is 43.9 Å². The number of rotatable bonds is 0. The number of benzene rings is 1. The summed E-state index contributed by atoms with van der Waals surface area (Å²) in [6.07, 6.45) is 0. The first-order chi connectivity index (χ1) is 16.2. The Kier molecular flexibility index (Phi) is 6.44. The number of fused-ring (bicyclic) bond motifs is 2. The van der Waals surface area contributed by atoms with E-state index in [2.05, 4.69) is 52.0 Å². The van der Waals surface area contributed by atoms with Gasteiger partial charge in [-0.2, -0.15) is 0 Å². The maximum atomic E-state index is 12.6. The topological polar surface area (TPSA) is 142 Å². The van der Waals surface area contributed by atoms with Crippen LogP contribution in [0.25, 0.3) is 0 Å². The number of methoxy groups -OCH3 is 2. The molecule has 0 atom stereocenters. The van der Waals surface area contributed by atoms with Crippen molar-refractivity contribution in [2.75, 3.05) is 14.2 Å². The van der Waals surface area contributed by atoms with Gasteiger partial charge in [-0.1, -0.05) is 0 Å². The number of phenols is 2. The maximum absolute atomic E-state index is 12.6. The number of aromatic hydroxyl groups is 2. The fraction of sp³-hybridized carbons (Fsp3) is 0.111. The van der Waals surface area contributed by atoms with Gasteiger partial charge in [0.1, 0.15) is 0 Å². The Morgan fingerprint density at radius 2 is 0.971 bits per heavy atom. The summed E-state index contributed by atoms with van der Waals surface area (Å²) < 4.78 is 11.8. The summed E-state index contributed by atoms with van der Waals surface area (Å²) in [7, 11) is 2.78. The van der Waals surface area contributed by atoms with E-state index in [1.54, 1.807) is 0 Å². The first-order valence-electron chi connectivity index (χ1n) is 8.91. The Balaban J connectivity index is 1.57. The molecular formula is C18H8N4O6S4Se2. The van der Waals surface area contributed by atoms with E-state index in [0.717, 1.165) is 47.0 Å². The summed E-state index contributed by atoms with van der Waals surface area (Å²) in [5.41, 5.74) is 0.294. The molecule has 0 bridgehead atoms.